The van der Waals surface area contributed by atoms with Gasteiger partial charge in [0.1, 0.15) is 0 Å². The van der Waals surface area contributed by atoms with Gasteiger partial charge >= 0.3 is 0 Å². The summed E-state index contributed by atoms with van der Waals surface area (Å²) < 4.78 is 0. The Labute approximate surface area is 84.6 Å². The lowest BCUT2D eigenvalue weighted by Gasteiger charge is -1.57. The molecule has 0 radical (unpaired) electrons. The molecule has 0 saturated heterocycles. The van der Waals surface area contributed by atoms with Gasteiger partial charge in [-0.05, 0) is 12.8 Å². The van der Waals surface area contributed by atoms with E-state index in [1.165, 1.54) is 0 Å². The van der Waals surface area contributed by atoms with Gasteiger partial charge in [0.25, 0.3) is 0 Å². The molecule has 2 aliphatic rings. The van der Waals surface area contributed by atoms with Crippen LogP contribution in [0.15, 0.2) is 48.6 Å². The van der Waals surface area contributed by atoms with Crippen LogP contribution >= 0.6 is 0 Å². The van der Waals surface area contributed by atoms with Crippen molar-refractivity contribution >= 4 is 9.52 Å². The molecule has 13 heavy (non-hydrogen) atoms. The molecule has 0 aromatic carbocycles. The van der Waals surface area contributed by atoms with Crippen LogP contribution in [0.25, 0.3) is 0 Å². The molecule has 0 heterocycles. The van der Waals surface area contributed by atoms with Gasteiger partial charge in [-0.3, -0.25) is 0 Å². The lowest BCUT2D eigenvalue weighted by atomic mass is 10.5. The Kier molecular flexibility index (Phi) is 10.5. The summed E-state index contributed by atoms with van der Waals surface area (Å²) in [6, 6.07) is 0. The fraction of sp³-hybridized carbons (Fsp3) is 0.333. The molecule has 0 bridgehead atoms. The van der Waals surface area contributed by atoms with E-state index in [1.807, 2.05) is 0 Å². The maximum absolute atomic E-state index is 2.26. The van der Waals surface area contributed by atoms with Crippen molar-refractivity contribution in [2.45, 2.75) is 25.9 Å². The summed E-state index contributed by atoms with van der Waals surface area (Å²) in [6.07, 6.45) is 19.0. The second-order valence-corrected chi connectivity index (χ2v) is 4.31. The molecule has 0 aromatic rings. The van der Waals surface area contributed by atoms with Crippen molar-refractivity contribution in [3.8, 4) is 0 Å². The Hall–Kier alpha value is -0.823. The molecule has 0 aliphatic heterocycles. The van der Waals surface area contributed by atoms with Crippen molar-refractivity contribution in [3.05, 3.63) is 48.6 Å². The van der Waals surface area contributed by atoms with Crippen molar-refractivity contribution < 1.29 is 0 Å². The average Bonchev–Trinajstić information content (AvgIpc) is 2.85. The van der Waals surface area contributed by atoms with Crippen molar-refractivity contribution in [1.29, 1.82) is 0 Å². The summed E-state index contributed by atoms with van der Waals surface area (Å²) in [5.74, 6) is 0. The summed E-state index contributed by atoms with van der Waals surface area (Å²) in [7, 11) is 0.417. The number of hydrogen-bond acceptors (Lipinski definition) is 0. The molecular weight excluding hydrogens is 172 g/mol. The highest BCUT2D eigenvalue weighted by Gasteiger charge is 1.72. The van der Waals surface area contributed by atoms with Gasteiger partial charge in [-0.15, -0.1) is 0 Å². The minimum Gasteiger partial charge on any atom is -0.0808 e. The minimum absolute atomic E-state index is 0.417. The number of allylic oxidation sites excluding steroid dienone is 8. The van der Waals surface area contributed by atoms with E-state index in [2.05, 4.69) is 61.7 Å². The van der Waals surface area contributed by atoms with Crippen LogP contribution in [-0.2, 0) is 0 Å². The molecule has 1 heteroatoms. The van der Waals surface area contributed by atoms with Crippen molar-refractivity contribution in [1.82, 2.24) is 0 Å². The summed E-state index contributed by atoms with van der Waals surface area (Å²) in [5.41, 5.74) is 0. The molecule has 0 nitrogen and oxygen atoms in total. The molecule has 0 N–H and O–H groups in total. The first kappa shape index (κ1) is 12.2. The molecule has 2 aliphatic carbocycles. The summed E-state index contributed by atoms with van der Waals surface area (Å²) in [4.78, 5) is 0. The molecule has 0 spiro atoms. The van der Waals surface area contributed by atoms with Crippen molar-refractivity contribution in [3.63, 3.8) is 0 Å². The van der Waals surface area contributed by atoms with Crippen molar-refractivity contribution in [2.24, 2.45) is 0 Å². The first-order valence-electron chi connectivity index (χ1n) is 5.05. The molecule has 72 valence electrons. The second kappa shape index (κ2) is 11.2. The summed E-state index contributed by atoms with van der Waals surface area (Å²) in [6.45, 7) is 4.53. The predicted octanol–water partition coefficient (Wildman–Crippen LogP) is 3.26. The first-order valence-corrected chi connectivity index (χ1v) is 7.88. The quantitative estimate of drug-likeness (QED) is 0.517. The second-order valence-electron chi connectivity index (χ2n) is 2.89. The van der Waals surface area contributed by atoms with E-state index >= 15 is 0 Å². The van der Waals surface area contributed by atoms with Gasteiger partial charge in [0.2, 0.25) is 0 Å². The van der Waals surface area contributed by atoms with E-state index in [9.17, 15) is 0 Å². The fourth-order valence-electron chi connectivity index (χ4n) is 0.786. The lowest BCUT2D eigenvalue weighted by molar-refractivity contribution is 1.45. The van der Waals surface area contributed by atoms with Gasteiger partial charge in [-0.25, -0.2) is 0 Å². The third-order valence-corrected chi connectivity index (χ3v) is 1.31. The molecular formula is C12H20Si. The van der Waals surface area contributed by atoms with E-state index < -0.39 is 0 Å². The zero-order chi connectivity index (χ0) is 9.78. The Morgan fingerprint density at radius 3 is 1.00 bits per heavy atom. The maximum Gasteiger partial charge on any atom is 0.0135 e. The predicted molar refractivity (Wildman–Crippen MR) is 66.1 cm³/mol. The number of rotatable bonds is 0. The van der Waals surface area contributed by atoms with Gasteiger partial charge in [-0.1, -0.05) is 61.7 Å². The molecule has 0 aromatic heterocycles. The highest BCUT2D eigenvalue weighted by molar-refractivity contribution is 6.31. The molecule has 0 saturated carbocycles. The third-order valence-electron chi connectivity index (χ3n) is 1.31. The fourth-order valence-corrected chi connectivity index (χ4v) is 0.786. The molecule has 0 fully saturated rings. The van der Waals surface area contributed by atoms with Crippen LogP contribution in [0.5, 0.6) is 0 Å². The van der Waals surface area contributed by atoms with Gasteiger partial charge in [0.15, 0.2) is 0 Å². The third kappa shape index (κ3) is 11.2. The highest BCUT2D eigenvalue weighted by Crippen LogP contribution is 1.93. The summed E-state index contributed by atoms with van der Waals surface area (Å²) >= 11 is 0. The van der Waals surface area contributed by atoms with E-state index in [-0.39, 0.29) is 0 Å². The van der Waals surface area contributed by atoms with Gasteiger partial charge in [-0.2, -0.15) is 0 Å². The van der Waals surface area contributed by atoms with E-state index in [0.29, 0.717) is 9.52 Å². The molecule has 0 unspecified atom stereocenters. The van der Waals surface area contributed by atoms with Crippen LogP contribution in [-0.4, -0.2) is 9.52 Å². The van der Waals surface area contributed by atoms with Crippen LogP contribution in [0.4, 0.5) is 0 Å². The van der Waals surface area contributed by atoms with Gasteiger partial charge in [0.05, 0.1) is 0 Å². The van der Waals surface area contributed by atoms with Crippen LogP contribution in [0, 0.1) is 0 Å². The van der Waals surface area contributed by atoms with Crippen LogP contribution in [0.3, 0.4) is 0 Å². The SMILES string of the molecule is C1=CCC=C1.C1=CCC=C1.C[SiH2]C. The van der Waals surface area contributed by atoms with Crippen molar-refractivity contribution in [2.75, 3.05) is 0 Å². The smallest absolute Gasteiger partial charge is 0.0135 e. The summed E-state index contributed by atoms with van der Waals surface area (Å²) in [5, 5.41) is 0. The minimum atomic E-state index is 0.417. The Bertz CT molecular complexity index is 155. The van der Waals surface area contributed by atoms with E-state index in [1.54, 1.807) is 0 Å². The van der Waals surface area contributed by atoms with Crippen LogP contribution in [0.2, 0.25) is 13.1 Å². The Balaban J connectivity index is 0.000000174. The largest absolute Gasteiger partial charge is 0.0808 e. The Morgan fingerprint density at radius 1 is 0.692 bits per heavy atom. The van der Waals surface area contributed by atoms with E-state index in [4.69, 9.17) is 0 Å². The zero-order valence-corrected chi connectivity index (χ0v) is 10.2. The highest BCUT2D eigenvalue weighted by atomic mass is 28.2. The van der Waals surface area contributed by atoms with Gasteiger partial charge in [0, 0.05) is 9.52 Å². The molecule has 0 atom stereocenters. The monoisotopic (exact) mass is 192 g/mol. The zero-order valence-electron chi connectivity index (χ0n) is 8.74. The van der Waals surface area contributed by atoms with E-state index in [0.717, 1.165) is 12.8 Å². The first-order chi connectivity index (χ1) is 6.41. The molecule has 0 amide bonds. The Morgan fingerprint density at radius 2 is 0.923 bits per heavy atom. The molecule has 2 rings (SSSR count). The normalized spacial score (nSPS) is 14.9. The number of hydrogen-bond donors (Lipinski definition) is 0. The van der Waals surface area contributed by atoms with Gasteiger partial charge < -0.3 is 0 Å². The standard InChI is InChI=1S/2C5H6.C2H8Si/c2*1-2-4-5-3-1;1-3-2/h2*1-4H,5H2;3H2,1-2H3. The maximum atomic E-state index is 2.26. The lowest BCUT2D eigenvalue weighted by Crippen LogP contribution is -1.53. The van der Waals surface area contributed by atoms with Crippen LogP contribution < -0.4 is 0 Å². The topological polar surface area (TPSA) is 0 Å². The van der Waals surface area contributed by atoms with Crippen LogP contribution in [0.1, 0.15) is 12.8 Å². The average molecular weight is 192 g/mol.